The van der Waals surface area contributed by atoms with Crippen LogP contribution in [-0.4, -0.2) is 0 Å². The van der Waals surface area contributed by atoms with Crippen molar-refractivity contribution in [3.8, 4) is 22.3 Å². The van der Waals surface area contributed by atoms with Crippen molar-refractivity contribution in [2.75, 3.05) is 0 Å². The summed E-state index contributed by atoms with van der Waals surface area (Å²) >= 11 is 0. The van der Waals surface area contributed by atoms with Crippen LogP contribution in [0, 0.1) is 0 Å². The van der Waals surface area contributed by atoms with E-state index < -0.39 is 0 Å². The molecular formula is C47H34. The quantitative estimate of drug-likeness (QED) is 0.137. The van der Waals surface area contributed by atoms with Crippen LogP contribution in [0.4, 0.5) is 0 Å². The highest BCUT2D eigenvalue weighted by molar-refractivity contribution is 6.25. The summed E-state index contributed by atoms with van der Waals surface area (Å²) in [7, 11) is 0. The van der Waals surface area contributed by atoms with Crippen molar-refractivity contribution in [2.45, 2.75) is 18.8 Å². The summed E-state index contributed by atoms with van der Waals surface area (Å²) in [5.74, 6) is 0. The molecule has 47 heavy (non-hydrogen) atoms. The van der Waals surface area contributed by atoms with Gasteiger partial charge in [-0.3, -0.25) is 0 Å². The Balaban J connectivity index is 1.18. The van der Waals surface area contributed by atoms with Crippen molar-refractivity contribution in [2.24, 2.45) is 0 Å². The van der Waals surface area contributed by atoms with Crippen molar-refractivity contribution in [3.05, 3.63) is 198 Å². The highest BCUT2D eigenvalue weighted by Gasteiger charge is 2.40. The van der Waals surface area contributed by atoms with E-state index in [9.17, 15) is 0 Å². The SMILES string of the molecule is CC1(c2ccccc2)c2ccccc2-c2cc(C/C=C/c3c4ccccc4c(-c4ccccc4)c4c3ccc3ccccc34)ccc21. The molecule has 1 unspecified atom stereocenters. The zero-order valence-corrected chi connectivity index (χ0v) is 26.5. The molecule has 0 nitrogen and oxygen atoms in total. The summed E-state index contributed by atoms with van der Waals surface area (Å²) in [5, 5.41) is 7.75. The summed E-state index contributed by atoms with van der Waals surface area (Å²) in [6.45, 7) is 2.38. The van der Waals surface area contributed by atoms with Crippen molar-refractivity contribution < 1.29 is 0 Å². The molecule has 0 bridgehead atoms. The van der Waals surface area contributed by atoms with Gasteiger partial charge in [-0.25, -0.2) is 0 Å². The van der Waals surface area contributed by atoms with Crippen molar-refractivity contribution in [1.29, 1.82) is 0 Å². The molecule has 1 atom stereocenters. The normalized spacial score (nSPS) is 15.4. The third-order valence-corrected chi connectivity index (χ3v) is 10.4. The van der Waals surface area contributed by atoms with Gasteiger partial charge < -0.3 is 0 Å². The van der Waals surface area contributed by atoms with Crippen LogP contribution in [0.25, 0.3) is 60.6 Å². The van der Waals surface area contributed by atoms with Crippen LogP contribution in [0.3, 0.4) is 0 Å². The predicted molar refractivity (Wildman–Crippen MR) is 201 cm³/mol. The van der Waals surface area contributed by atoms with E-state index in [1.54, 1.807) is 0 Å². The molecule has 1 aliphatic carbocycles. The number of hydrogen-bond acceptors (Lipinski definition) is 0. The minimum absolute atomic E-state index is 0.164. The average molecular weight is 599 g/mol. The van der Waals surface area contributed by atoms with Crippen LogP contribution in [-0.2, 0) is 11.8 Å². The van der Waals surface area contributed by atoms with Crippen LogP contribution in [0.15, 0.2) is 170 Å². The minimum Gasteiger partial charge on any atom is -0.0795 e. The van der Waals surface area contributed by atoms with Gasteiger partial charge >= 0.3 is 0 Å². The monoisotopic (exact) mass is 598 g/mol. The van der Waals surface area contributed by atoms with E-state index in [2.05, 4.69) is 183 Å². The van der Waals surface area contributed by atoms with Gasteiger partial charge in [0.2, 0.25) is 0 Å². The van der Waals surface area contributed by atoms with E-state index in [0.717, 1.165) is 6.42 Å². The van der Waals surface area contributed by atoms with Gasteiger partial charge in [0.15, 0.2) is 0 Å². The number of benzene rings is 8. The van der Waals surface area contributed by atoms with Gasteiger partial charge in [0, 0.05) is 5.41 Å². The first-order valence-electron chi connectivity index (χ1n) is 16.6. The largest absolute Gasteiger partial charge is 0.0795 e. The zero-order chi connectivity index (χ0) is 31.4. The van der Waals surface area contributed by atoms with Crippen LogP contribution < -0.4 is 0 Å². The van der Waals surface area contributed by atoms with Gasteiger partial charge in [-0.2, -0.15) is 0 Å². The van der Waals surface area contributed by atoms with Gasteiger partial charge in [0.1, 0.15) is 0 Å². The number of hydrogen-bond donors (Lipinski definition) is 0. The number of rotatable bonds is 5. The second kappa shape index (κ2) is 11.0. The van der Waals surface area contributed by atoms with Gasteiger partial charge in [-0.05, 0) is 95.7 Å². The van der Waals surface area contributed by atoms with Crippen LogP contribution in [0.1, 0.15) is 34.7 Å². The van der Waals surface area contributed by atoms with Crippen LogP contribution in [0.2, 0.25) is 0 Å². The Morgan fingerprint density at radius 3 is 2.00 bits per heavy atom. The number of allylic oxidation sites excluding steroid dienone is 1. The van der Waals surface area contributed by atoms with Gasteiger partial charge in [-0.1, -0.05) is 176 Å². The summed E-state index contributed by atoms with van der Waals surface area (Å²) in [6.07, 6.45) is 5.59. The van der Waals surface area contributed by atoms with E-state index in [-0.39, 0.29) is 5.41 Å². The molecule has 0 amide bonds. The Kier molecular flexibility index (Phi) is 6.44. The molecule has 0 spiro atoms. The molecule has 0 heterocycles. The third-order valence-electron chi connectivity index (χ3n) is 10.4. The molecule has 1 aliphatic rings. The minimum atomic E-state index is -0.164. The lowest BCUT2D eigenvalue weighted by atomic mass is 9.74. The first-order chi connectivity index (χ1) is 23.2. The topological polar surface area (TPSA) is 0 Å². The maximum atomic E-state index is 2.43. The lowest BCUT2D eigenvalue weighted by Crippen LogP contribution is -2.22. The molecule has 8 aromatic carbocycles. The molecule has 8 aromatic rings. The Labute approximate surface area is 276 Å². The predicted octanol–water partition coefficient (Wildman–Crippen LogP) is 12.4. The molecule has 0 aromatic heterocycles. The van der Waals surface area contributed by atoms with E-state index >= 15 is 0 Å². The summed E-state index contributed by atoms with van der Waals surface area (Å²) < 4.78 is 0. The highest BCUT2D eigenvalue weighted by atomic mass is 14.4. The highest BCUT2D eigenvalue weighted by Crippen LogP contribution is 2.52. The Morgan fingerprint density at radius 2 is 1.17 bits per heavy atom. The zero-order valence-electron chi connectivity index (χ0n) is 26.5. The third kappa shape index (κ3) is 4.29. The average Bonchev–Trinajstić information content (AvgIpc) is 3.40. The van der Waals surface area contributed by atoms with E-state index in [4.69, 9.17) is 0 Å². The van der Waals surface area contributed by atoms with E-state index in [0.29, 0.717) is 0 Å². The lowest BCUT2D eigenvalue weighted by molar-refractivity contribution is 0.713. The number of fused-ring (bicyclic) bond motifs is 7. The molecule has 0 heteroatoms. The first-order valence-corrected chi connectivity index (χ1v) is 16.6. The van der Waals surface area contributed by atoms with Crippen molar-refractivity contribution >= 4 is 38.4 Å². The molecule has 0 saturated carbocycles. The Hall–Kier alpha value is -5.72. The van der Waals surface area contributed by atoms with Crippen LogP contribution in [0.5, 0.6) is 0 Å². The van der Waals surface area contributed by atoms with Crippen molar-refractivity contribution in [1.82, 2.24) is 0 Å². The van der Waals surface area contributed by atoms with Crippen LogP contribution >= 0.6 is 0 Å². The fourth-order valence-corrected chi connectivity index (χ4v) is 8.14. The second-order valence-electron chi connectivity index (χ2n) is 12.9. The Bertz CT molecular complexity index is 2480. The maximum absolute atomic E-state index is 2.43. The first kappa shape index (κ1) is 27.6. The van der Waals surface area contributed by atoms with Gasteiger partial charge in [0.25, 0.3) is 0 Å². The molecule has 9 rings (SSSR count). The van der Waals surface area contributed by atoms with Gasteiger partial charge in [-0.15, -0.1) is 0 Å². The standard InChI is InChI=1S/C47H34/c1-47(35-19-6-3-7-20-35)43-26-13-12-23-39(43)42-31-32(27-30-44(42)47)15-14-25-38-37-22-10-11-24-40(37)45(34-17-4-2-5-18-34)46-36-21-9-8-16-33(36)28-29-41(38)46/h2-14,16-31H,15H2,1H3/b25-14+. The fourth-order valence-electron chi connectivity index (χ4n) is 8.14. The van der Waals surface area contributed by atoms with E-state index in [1.807, 2.05) is 0 Å². The van der Waals surface area contributed by atoms with Crippen molar-refractivity contribution in [3.63, 3.8) is 0 Å². The smallest absolute Gasteiger partial charge is 0.0435 e. The summed E-state index contributed by atoms with van der Waals surface area (Å²) in [5.41, 5.74) is 11.8. The lowest BCUT2D eigenvalue weighted by Gasteiger charge is -2.28. The molecule has 222 valence electrons. The Morgan fingerprint density at radius 1 is 0.511 bits per heavy atom. The molecule has 0 radical (unpaired) electrons. The molecule has 0 aliphatic heterocycles. The molecule has 0 N–H and O–H groups in total. The van der Waals surface area contributed by atoms with Gasteiger partial charge in [0.05, 0.1) is 0 Å². The summed E-state index contributed by atoms with van der Waals surface area (Å²) in [4.78, 5) is 0. The maximum Gasteiger partial charge on any atom is 0.0435 e. The fraction of sp³-hybridized carbons (Fsp3) is 0.0638. The second-order valence-corrected chi connectivity index (χ2v) is 12.9. The molecule has 0 fully saturated rings. The molecule has 0 saturated heterocycles. The molecular weight excluding hydrogens is 565 g/mol. The summed E-state index contributed by atoms with van der Waals surface area (Å²) in [6, 6.07) is 60.2. The van der Waals surface area contributed by atoms with E-state index in [1.165, 1.54) is 82.4 Å².